The molecule has 0 bridgehead atoms. The minimum atomic E-state index is -3.43. The lowest BCUT2D eigenvalue weighted by Crippen LogP contribution is -2.39. The van der Waals surface area contributed by atoms with Gasteiger partial charge in [-0.3, -0.25) is 9.59 Å². The number of benzene rings is 1. The predicted octanol–water partition coefficient (Wildman–Crippen LogP) is 2.38. The Morgan fingerprint density at radius 1 is 1.31 bits per heavy atom. The van der Waals surface area contributed by atoms with Crippen LogP contribution in [0.1, 0.15) is 40.6 Å². The van der Waals surface area contributed by atoms with Gasteiger partial charge in [0.2, 0.25) is 0 Å². The zero-order chi connectivity index (χ0) is 20.8. The lowest BCUT2D eigenvalue weighted by Gasteiger charge is -2.31. The standard InChI is InChI=1S/C19H19N3O5S2/c1-11-5-6-15-13(8-11)14(23)9-16(27-15)18(24)22-7-3-4-12(10-22)17-19(28-21-20-17)29(2,25)26/h5-6,8-9,12H,3-4,7,10H2,1-2H3. The van der Waals surface area contributed by atoms with Gasteiger partial charge in [0.1, 0.15) is 5.58 Å². The topological polar surface area (TPSA) is 110 Å². The van der Waals surface area contributed by atoms with E-state index in [9.17, 15) is 18.0 Å². The van der Waals surface area contributed by atoms with Gasteiger partial charge < -0.3 is 9.32 Å². The molecule has 152 valence electrons. The van der Waals surface area contributed by atoms with Gasteiger partial charge in [-0.15, -0.1) is 5.10 Å². The molecule has 1 saturated heterocycles. The molecule has 1 atom stereocenters. The van der Waals surface area contributed by atoms with Gasteiger partial charge in [-0.2, -0.15) is 0 Å². The van der Waals surface area contributed by atoms with Crippen LogP contribution in [0.15, 0.2) is 37.7 Å². The van der Waals surface area contributed by atoms with Gasteiger partial charge in [-0.05, 0) is 31.9 Å². The van der Waals surface area contributed by atoms with Crippen molar-refractivity contribution >= 4 is 38.2 Å². The summed E-state index contributed by atoms with van der Waals surface area (Å²) < 4.78 is 33.6. The molecule has 0 aliphatic carbocycles. The van der Waals surface area contributed by atoms with Gasteiger partial charge >= 0.3 is 0 Å². The van der Waals surface area contributed by atoms with Crippen molar-refractivity contribution in [2.45, 2.75) is 29.9 Å². The van der Waals surface area contributed by atoms with Gasteiger partial charge in [-0.25, -0.2) is 8.42 Å². The van der Waals surface area contributed by atoms with Crippen molar-refractivity contribution in [2.24, 2.45) is 0 Å². The van der Waals surface area contributed by atoms with E-state index in [2.05, 4.69) is 9.59 Å². The normalized spacial score (nSPS) is 17.6. The van der Waals surface area contributed by atoms with Crippen LogP contribution in [0, 0.1) is 6.92 Å². The third-order valence-electron chi connectivity index (χ3n) is 5.01. The molecule has 1 aliphatic rings. The van der Waals surface area contributed by atoms with E-state index in [1.165, 1.54) is 6.07 Å². The number of amides is 1. The number of likely N-dealkylation sites (tertiary alicyclic amines) is 1. The highest BCUT2D eigenvalue weighted by Crippen LogP contribution is 2.32. The number of piperidine rings is 1. The fourth-order valence-corrected chi connectivity index (χ4v) is 5.34. The van der Waals surface area contributed by atoms with E-state index in [1.807, 2.05) is 13.0 Å². The number of aryl methyl sites for hydroxylation is 1. The number of carbonyl (C=O) groups excluding carboxylic acids is 1. The Morgan fingerprint density at radius 3 is 2.86 bits per heavy atom. The number of carbonyl (C=O) groups is 1. The number of hydrogen-bond acceptors (Lipinski definition) is 8. The molecule has 29 heavy (non-hydrogen) atoms. The lowest BCUT2D eigenvalue weighted by atomic mass is 9.95. The first-order chi connectivity index (χ1) is 13.7. The second-order valence-corrected chi connectivity index (χ2v) is 10.2. The highest BCUT2D eigenvalue weighted by molar-refractivity contribution is 7.92. The molecule has 0 radical (unpaired) electrons. The summed E-state index contributed by atoms with van der Waals surface area (Å²) in [4.78, 5) is 27.0. The van der Waals surface area contributed by atoms with Gasteiger partial charge in [0.25, 0.3) is 5.91 Å². The molecule has 1 fully saturated rings. The first-order valence-corrected chi connectivity index (χ1v) is 11.8. The molecule has 3 heterocycles. The lowest BCUT2D eigenvalue weighted by molar-refractivity contribution is 0.0673. The maximum atomic E-state index is 13.0. The van der Waals surface area contributed by atoms with E-state index in [0.717, 1.165) is 23.4 Å². The summed E-state index contributed by atoms with van der Waals surface area (Å²) in [5.74, 6) is -0.642. The fourth-order valence-electron chi connectivity index (χ4n) is 3.61. The number of fused-ring (bicyclic) bond motifs is 1. The van der Waals surface area contributed by atoms with Crippen molar-refractivity contribution in [3.63, 3.8) is 0 Å². The Labute approximate surface area is 171 Å². The molecule has 3 aromatic rings. The van der Waals surface area contributed by atoms with Crippen LogP contribution in [0.4, 0.5) is 0 Å². The highest BCUT2D eigenvalue weighted by Gasteiger charge is 2.32. The van der Waals surface area contributed by atoms with Crippen LogP contribution >= 0.6 is 11.5 Å². The SMILES string of the molecule is Cc1ccc2oc(C(=O)N3CCCC(c4nnsc4S(C)(=O)=O)C3)cc(=O)c2c1. The van der Waals surface area contributed by atoms with Crippen molar-refractivity contribution in [1.29, 1.82) is 0 Å². The number of aromatic nitrogens is 2. The van der Waals surface area contributed by atoms with Gasteiger partial charge in [0.15, 0.2) is 25.2 Å². The van der Waals surface area contributed by atoms with Crippen LogP contribution < -0.4 is 5.43 Å². The van der Waals surface area contributed by atoms with Crippen molar-refractivity contribution < 1.29 is 17.6 Å². The maximum absolute atomic E-state index is 13.0. The first kappa shape index (κ1) is 19.7. The minimum absolute atomic E-state index is 0.0215. The molecule has 4 rings (SSSR count). The van der Waals surface area contributed by atoms with Crippen molar-refractivity contribution in [3.8, 4) is 0 Å². The monoisotopic (exact) mass is 433 g/mol. The number of hydrogen-bond donors (Lipinski definition) is 0. The van der Waals surface area contributed by atoms with E-state index in [0.29, 0.717) is 42.6 Å². The van der Waals surface area contributed by atoms with Gasteiger partial charge in [-0.1, -0.05) is 16.1 Å². The zero-order valence-corrected chi connectivity index (χ0v) is 17.5. The van der Waals surface area contributed by atoms with Crippen molar-refractivity contribution in [2.75, 3.05) is 19.3 Å². The van der Waals surface area contributed by atoms with Crippen LogP contribution in [0.3, 0.4) is 0 Å². The Balaban J connectivity index is 1.63. The van der Waals surface area contributed by atoms with Crippen LogP contribution in [0.5, 0.6) is 0 Å². The average molecular weight is 434 g/mol. The second kappa shape index (κ2) is 7.34. The number of rotatable bonds is 3. The molecule has 8 nitrogen and oxygen atoms in total. The molecule has 0 saturated carbocycles. The molecule has 0 spiro atoms. The number of nitrogens with zero attached hydrogens (tertiary/aromatic N) is 3. The largest absolute Gasteiger partial charge is 0.451 e. The summed E-state index contributed by atoms with van der Waals surface area (Å²) in [6.07, 6.45) is 2.52. The summed E-state index contributed by atoms with van der Waals surface area (Å²) in [6.45, 7) is 2.67. The summed E-state index contributed by atoms with van der Waals surface area (Å²) in [7, 11) is -3.43. The molecule has 10 heteroatoms. The Bertz CT molecular complexity index is 1260. The van der Waals surface area contributed by atoms with E-state index >= 15 is 0 Å². The third-order valence-corrected chi connectivity index (χ3v) is 7.56. The quantitative estimate of drug-likeness (QED) is 0.623. The molecule has 1 unspecified atom stereocenters. The summed E-state index contributed by atoms with van der Waals surface area (Å²) >= 11 is 0.848. The van der Waals surface area contributed by atoms with Crippen molar-refractivity contribution in [1.82, 2.24) is 14.5 Å². The molecule has 0 N–H and O–H groups in total. The maximum Gasteiger partial charge on any atom is 0.289 e. The highest BCUT2D eigenvalue weighted by atomic mass is 32.2. The predicted molar refractivity (Wildman–Crippen MR) is 108 cm³/mol. The first-order valence-electron chi connectivity index (χ1n) is 9.10. The smallest absolute Gasteiger partial charge is 0.289 e. The van der Waals surface area contributed by atoms with Crippen LogP contribution in [-0.4, -0.2) is 48.2 Å². The van der Waals surface area contributed by atoms with Crippen LogP contribution in [0.2, 0.25) is 0 Å². The Hall–Kier alpha value is -2.59. The third kappa shape index (κ3) is 3.82. The second-order valence-electron chi connectivity index (χ2n) is 7.28. The minimum Gasteiger partial charge on any atom is -0.451 e. The summed E-state index contributed by atoms with van der Waals surface area (Å²) in [6, 6.07) is 6.45. The molecule has 2 aromatic heterocycles. The average Bonchev–Trinajstić information content (AvgIpc) is 3.18. The molecule has 1 amide bonds. The summed E-state index contributed by atoms with van der Waals surface area (Å²) in [5, 5.41) is 4.45. The fraction of sp³-hybridized carbons (Fsp3) is 0.368. The van der Waals surface area contributed by atoms with E-state index in [1.54, 1.807) is 17.0 Å². The molecular weight excluding hydrogens is 414 g/mol. The Morgan fingerprint density at radius 2 is 2.10 bits per heavy atom. The number of sulfone groups is 1. The van der Waals surface area contributed by atoms with E-state index in [4.69, 9.17) is 4.42 Å². The van der Waals surface area contributed by atoms with E-state index < -0.39 is 15.7 Å². The Kier molecular flexibility index (Phi) is 4.99. The molecule has 1 aliphatic heterocycles. The van der Waals surface area contributed by atoms with Crippen molar-refractivity contribution in [3.05, 3.63) is 51.5 Å². The van der Waals surface area contributed by atoms with E-state index in [-0.39, 0.29) is 21.3 Å². The molecule has 1 aromatic carbocycles. The molecular formula is C19H19N3O5S2. The van der Waals surface area contributed by atoms with Gasteiger partial charge in [0.05, 0.1) is 11.1 Å². The zero-order valence-electron chi connectivity index (χ0n) is 15.9. The van der Waals surface area contributed by atoms with Gasteiger partial charge in [0, 0.05) is 42.9 Å². The summed E-state index contributed by atoms with van der Waals surface area (Å²) in [5.41, 5.74) is 1.43. The van der Waals surface area contributed by atoms with Crippen LogP contribution in [-0.2, 0) is 9.84 Å². The van der Waals surface area contributed by atoms with Crippen LogP contribution in [0.25, 0.3) is 11.0 Å².